The number of imidazole rings is 1. The van der Waals surface area contributed by atoms with Crippen molar-refractivity contribution in [1.29, 1.82) is 0 Å². The lowest BCUT2D eigenvalue weighted by molar-refractivity contribution is -0.130. The third kappa shape index (κ3) is 3.14. The number of anilines is 1. The first-order valence-electron chi connectivity index (χ1n) is 7.05. The monoisotopic (exact) mass is 305 g/mol. The first-order chi connectivity index (χ1) is 10.1. The van der Waals surface area contributed by atoms with Crippen LogP contribution < -0.4 is 11.1 Å². The summed E-state index contributed by atoms with van der Waals surface area (Å²) in [6.07, 6.45) is 0. The molecule has 1 unspecified atom stereocenters. The molecule has 0 aliphatic carbocycles. The molecule has 4 N–H and O–H groups in total. The van der Waals surface area contributed by atoms with Gasteiger partial charge in [-0.05, 0) is 25.1 Å². The molecule has 112 valence electrons. The van der Waals surface area contributed by atoms with Gasteiger partial charge in [0.15, 0.2) is 5.16 Å². The van der Waals surface area contributed by atoms with Crippen molar-refractivity contribution in [2.45, 2.75) is 17.3 Å². The first-order valence-corrected chi connectivity index (χ1v) is 7.93. The Hall–Kier alpha value is -1.73. The van der Waals surface area contributed by atoms with Gasteiger partial charge in [0.2, 0.25) is 5.91 Å². The van der Waals surface area contributed by atoms with Crippen LogP contribution >= 0.6 is 11.8 Å². The van der Waals surface area contributed by atoms with Crippen LogP contribution in [-0.2, 0) is 4.79 Å². The van der Waals surface area contributed by atoms with E-state index in [4.69, 9.17) is 5.73 Å². The van der Waals surface area contributed by atoms with Gasteiger partial charge < -0.3 is 20.9 Å². The Kier molecular flexibility index (Phi) is 4.03. The van der Waals surface area contributed by atoms with Gasteiger partial charge in [0.1, 0.15) is 0 Å². The number of nitrogens with zero attached hydrogens (tertiary/aromatic N) is 2. The highest BCUT2D eigenvalue weighted by molar-refractivity contribution is 8.00. The number of nitrogens with two attached hydrogens (primary N) is 1. The Morgan fingerprint density at radius 1 is 1.43 bits per heavy atom. The largest absolute Gasteiger partial charge is 0.399 e. The number of carbonyl (C=O) groups excluding carboxylic acids is 1. The van der Waals surface area contributed by atoms with Crippen LogP contribution in [0.4, 0.5) is 5.69 Å². The summed E-state index contributed by atoms with van der Waals surface area (Å²) in [5.74, 6) is 0.168. The zero-order valence-electron chi connectivity index (χ0n) is 11.9. The molecule has 1 aliphatic heterocycles. The molecule has 2 aromatic rings. The number of hydrogen-bond acceptors (Lipinski definition) is 5. The van der Waals surface area contributed by atoms with Gasteiger partial charge in [-0.2, -0.15) is 0 Å². The molecule has 3 rings (SSSR count). The molecule has 0 spiro atoms. The third-order valence-corrected chi connectivity index (χ3v) is 4.52. The average molecular weight is 305 g/mol. The van der Waals surface area contributed by atoms with E-state index in [2.05, 4.69) is 15.3 Å². The molecule has 1 aromatic heterocycles. The molecule has 0 radical (unpaired) electrons. The average Bonchev–Trinajstić information content (AvgIpc) is 2.88. The van der Waals surface area contributed by atoms with Crippen LogP contribution in [0.25, 0.3) is 11.0 Å². The summed E-state index contributed by atoms with van der Waals surface area (Å²) in [7, 11) is 0. The van der Waals surface area contributed by atoms with Crippen molar-refractivity contribution in [3.63, 3.8) is 0 Å². The zero-order chi connectivity index (χ0) is 14.8. The molecular weight excluding hydrogens is 286 g/mol. The summed E-state index contributed by atoms with van der Waals surface area (Å²) in [6.45, 7) is 5.22. The number of benzene rings is 1. The van der Waals surface area contributed by atoms with Crippen molar-refractivity contribution < 1.29 is 4.79 Å². The predicted molar refractivity (Wildman–Crippen MR) is 85.3 cm³/mol. The SMILES string of the molecule is CC(Sc1nc2ccc(N)cc2[nH]1)C(=O)N1CCNCC1. The zero-order valence-corrected chi connectivity index (χ0v) is 12.7. The minimum Gasteiger partial charge on any atom is -0.399 e. The van der Waals surface area contributed by atoms with Crippen molar-refractivity contribution in [1.82, 2.24) is 20.2 Å². The normalized spacial score (nSPS) is 17.1. The summed E-state index contributed by atoms with van der Waals surface area (Å²) in [4.78, 5) is 22.0. The van der Waals surface area contributed by atoms with Crippen LogP contribution in [0.3, 0.4) is 0 Å². The summed E-state index contributed by atoms with van der Waals surface area (Å²) in [5.41, 5.74) is 8.23. The van der Waals surface area contributed by atoms with E-state index in [0.717, 1.165) is 42.4 Å². The summed E-state index contributed by atoms with van der Waals surface area (Å²) >= 11 is 1.46. The van der Waals surface area contributed by atoms with E-state index >= 15 is 0 Å². The smallest absolute Gasteiger partial charge is 0.235 e. The van der Waals surface area contributed by atoms with Crippen molar-refractivity contribution in [3.05, 3.63) is 18.2 Å². The molecule has 1 aromatic carbocycles. The number of aromatic nitrogens is 2. The number of piperazine rings is 1. The Bertz CT molecular complexity index is 650. The number of hydrogen-bond donors (Lipinski definition) is 3. The maximum absolute atomic E-state index is 12.4. The molecule has 1 aliphatic rings. The van der Waals surface area contributed by atoms with Crippen LogP contribution in [0.1, 0.15) is 6.92 Å². The number of nitrogens with one attached hydrogen (secondary N) is 2. The lowest BCUT2D eigenvalue weighted by Gasteiger charge is -2.29. The number of thioether (sulfide) groups is 1. The highest BCUT2D eigenvalue weighted by Crippen LogP contribution is 2.25. The molecule has 7 heteroatoms. The Labute approximate surface area is 127 Å². The predicted octanol–water partition coefficient (Wildman–Crippen LogP) is 1.06. The van der Waals surface area contributed by atoms with E-state index in [1.165, 1.54) is 11.8 Å². The van der Waals surface area contributed by atoms with Crippen LogP contribution in [0.2, 0.25) is 0 Å². The number of H-pyrrole nitrogens is 1. The summed E-state index contributed by atoms with van der Waals surface area (Å²) < 4.78 is 0. The van der Waals surface area contributed by atoms with E-state index in [9.17, 15) is 4.79 Å². The molecule has 1 fully saturated rings. The van der Waals surface area contributed by atoms with E-state index in [0.29, 0.717) is 5.69 Å². The molecular formula is C14H19N5OS. The first kappa shape index (κ1) is 14.2. The minimum absolute atomic E-state index is 0.152. The Morgan fingerprint density at radius 3 is 2.95 bits per heavy atom. The van der Waals surface area contributed by atoms with E-state index in [-0.39, 0.29) is 11.2 Å². The van der Waals surface area contributed by atoms with Gasteiger partial charge in [0, 0.05) is 31.9 Å². The third-order valence-electron chi connectivity index (χ3n) is 3.55. The maximum Gasteiger partial charge on any atom is 0.235 e. The second-order valence-electron chi connectivity index (χ2n) is 5.15. The number of amides is 1. The van der Waals surface area contributed by atoms with Gasteiger partial charge in [-0.25, -0.2) is 4.98 Å². The highest BCUT2D eigenvalue weighted by atomic mass is 32.2. The second kappa shape index (κ2) is 5.95. The topological polar surface area (TPSA) is 87.0 Å². The molecule has 2 heterocycles. The van der Waals surface area contributed by atoms with Crippen LogP contribution in [0.5, 0.6) is 0 Å². The number of fused-ring (bicyclic) bond motifs is 1. The van der Waals surface area contributed by atoms with E-state index in [1.807, 2.05) is 30.0 Å². The van der Waals surface area contributed by atoms with Crippen molar-refractivity contribution in [2.24, 2.45) is 0 Å². The molecule has 21 heavy (non-hydrogen) atoms. The fourth-order valence-corrected chi connectivity index (χ4v) is 3.32. The van der Waals surface area contributed by atoms with Gasteiger partial charge in [-0.1, -0.05) is 11.8 Å². The van der Waals surface area contributed by atoms with Crippen LogP contribution in [-0.4, -0.2) is 52.2 Å². The van der Waals surface area contributed by atoms with Crippen LogP contribution in [0.15, 0.2) is 23.4 Å². The number of nitrogen functional groups attached to an aromatic ring is 1. The lowest BCUT2D eigenvalue weighted by atomic mass is 10.3. The number of aromatic amines is 1. The van der Waals surface area contributed by atoms with Crippen LogP contribution in [0, 0.1) is 0 Å². The fourth-order valence-electron chi connectivity index (χ4n) is 2.42. The fraction of sp³-hybridized carbons (Fsp3) is 0.429. The van der Waals surface area contributed by atoms with Crippen molar-refractivity contribution >= 4 is 34.4 Å². The van der Waals surface area contributed by atoms with Gasteiger partial charge in [-0.15, -0.1) is 0 Å². The van der Waals surface area contributed by atoms with Gasteiger partial charge >= 0.3 is 0 Å². The lowest BCUT2D eigenvalue weighted by Crippen LogP contribution is -2.48. The molecule has 6 nitrogen and oxygen atoms in total. The van der Waals surface area contributed by atoms with Crippen molar-refractivity contribution in [2.75, 3.05) is 31.9 Å². The number of rotatable bonds is 3. The summed E-state index contributed by atoms with van der Waals surface area (Å²) in [5, 5.41) is 3.85. The Morgan fingerprint density at radius 2 is 2.19 bits per heavy atom. The maximum atomic E-state index is 12.4. The molecule has 1 amide bonds. The molecule has 1 saturated heterocycles. The molecule has 0 bridgehead atoms. The van der Waals surface area contributed by atoms with E-state index in [1.54, 1.807) is 0 Å². The van der Waals surface area contributed by atoms with Gasteiger partial charge in [0.25, 0.3) is 0 Å². The summed E-state index contributed by atoms with van der Waals surface area (Å²) in [6, 6.07) is 5.57. The standard InChI is InChI=1S/C14H19N5OS/c1-9(13(20)19-6-4-16-5-7-19)21-14-17-11-3-2-10(15)8-12(11)18-14/h2-3,8-9,16H,4-7,15H2,1H3,(H,17,18). The quantitative estimate of drug-likeness (QED) is 0.583. The second-order valence-corrected chi connectivity index (χ2v) is 6.48. The number of carbonyl (C=O) groups is 1. The van der Waals surface area contributed by atoms with Gasteiger partial charge in [0.05, 0.1) is 16.3 Å². The molecule has 1 atom stereocenters. The highest BCUT2D eigenvalue weighted by Gasteiger charge is 2.23. The van der Waals surface area contributed by atoms with Crippen molar-refractivity contribution in [3.8, 4) is 0 Å². The minimum atomic E-state index is -0.152. The Balaban J connectivity index is 1.70. The molecule has 0 saturated carbocycles. The van der Waals surface area contributed by atoms with E-state index < -0.39 is 0 Å². The van der Waals surface area contributed by atoms with Gasteiger partial charge in [-0.3, -0.25) is 4.79 Å².